The summed E-state index contributed by atoms with van der Waals surface area (Å²) in [6.07, 6.45) is 0.806. The van der Waals surface area contributed by atoms with Gasteiger partial charge in [-0.2, -0.15) is 0 Å². The summed E-state index contributed by atoms with van der Waals surface area (Å²) in [4.78, 5) is 26.8. The number of ether oxygens (including phenoxy) is 1. The van der Waals surface area contributed by atoms with Crippen LogP contribution in [0.3, 0.4) is 0 Å². The van der Waals surface area contributed by atoms with Gasteiger partial charge in [0.05, 0.1) is 18.0 Å². The minimum atomic E-state index is -0.437. The van der Waals surface area contributed by atoms with Gasteiger partial charge in [-0.05, 0) is 39.7 Å². The average Bonchev–Trinajstić information content (AvgIpc) is 2.62. The van der Waals surface area contributed by atoms with Gasteiger partial charge in [0.1, 0.15) is 0 Å². The van der Waals surface area contributed by atoms with Crippen molar-refractivity contribution in [2.24, 2.45) is 4.99 Å². The van der Waals surface area contributed by atoms with Gasteiger partial charge in [0.2, 0.25) is 5.91 Å². The first-order valence-corrected chi connectivity index (χ1v) is 9.35. The molecule has 0 saturated carbocycles. The normalized spacial score (nSPS) is 11.8. The Bertz CT molecular complexity index is 653. The van der Waals surface area contributed by atoms with Crippen molar-refractivity contribution >= 4 is 17.6 Å². The largest absolute Gasteiger partial charge is 0.382 e. The van der Waals surface area contributed by atoms with E-state index in [-0.39, 0.29) is 23.7 Å². The molecule has 9 nitrogen and oxygen atoms in total. The number of benzene rings is 1. The summed E-state index contributed by atoms with van der Waals surface area (Å²) in [5.41, 5.74) is 0.568. The highest BCUT2D eigenvalue weighted by Crippen LogP contribution is 2.12. The van der Waals surface area contributed by atoms with Crippen molar-refractivity contribution in [3.63, 3.8) is 0 Å². The van der Waals surface area contributed by atoms with Crippen LogP contribution in [0.5, 0.6) is 0 Å². The summed E-state index contributed by atoms with van der Waals surface area (Å²) in [5.74, 6) is 0.366. The first-order valence-electron chi connectivity index (χ1n) is 9.35. The van der Waals surface area contributed by atoms with E-state index in [9.17, 15) is 14.9 Å². The van der Waals surface area contributed by atoms with Crippen LogP contribution in [0.2, 0.25) is 0 Å². The minimum absolute atomic E-state index is 0.0407. The fourth-order valence-electron chi connectivity index (χ4n) is 2.22. The van der Waals surface area contributed by atoms with Gasteiger partial charge in [-0.15, -0.1) is 0 Å². The zero-order chi connectivity index (χ0) is 21.0. The average molecular weight is 393 g/mol. The van der Waals surface area contributed by atoms with Gasteiger partial charge in [-0.1, -0.05) is 12.1 Å². The maximum Gasteiger partial charge on any atom is 0.269 e. The summed E-state index contributed by atoms with van der Waals surface area (Å²) in [6.45, 7) is 10.1. The number of non-ortho nitro benzene ring substituents is 1. The molecule has 1 amide bonds. The lowest BCUT2D eigenvalue weighted by molar-refractivity contribution is -0.384. The van der Waals surface area contributed by atoms with Crippen LogP contribution in [0.1, 0.15) is 39.7 Å². The molecule has 28 heavy (non-hydrogen) atoms. The van der Waals surface area contributed by atoms with Crippen molar-refractivity contribution in [2.45, 2.75) is 46.2 Å². The first-order chi connectivity index (χ1) is 13.2. The van der Waals surface area contributed by atoms with E-state index < -0.39 is 4.92 Å². The van der Waals surface area contributed by atoms with Gasteiger partial charge >= 0.3 is 0 Å². The van der Waals surface area contributed by atoms with E-state index in [0.717, 1.165) is 12.0 Å². The number of nitrogens with one attached hydrogen (secondary N) is 3. The van der Waals surface area contributed by atoms with Crippen LogP contribution in [-0.4, -0.2) is 48.6 Å². The second-order valence-electron chi connectivity index (χ2n) is 7.22. The minimum Gasteiger partial charge on any atom is -0.382 e. The molecule has 9 heteroatoms. The smallest absolute Gasteiger partial charge is 0.269 e. The molecule has 0 saturated heterocycles. The van der Waals surface area contributed by atoms with Gasteiger partial charge in [0.15, 0.2) is 5.96 Å². The number of amides is 1. The fraction of sp³-hybridized carbons (Fsp3) is 0.579. The molecule has 0 aromatic heterocycles. The molecule has 0 aliphatic carbocycles. The van der Waals surface area contributed by atoms with E-state index in [4.69, 9.17) is 4.74 Å². The van der Waals surface area contributed by atoms with Gasteiger partial charge in [-0.25, -0.2) is 4.99 Å². The Morgan fingerprint density at radius 2 is 1.89 bits per heavy atom. The quantitative estimate of drug-likeness (QED) is 0.184. The molecule has 0 fully saturated rings. The molecular weight excluding hydrogens is 362 g/mol. The number of hydrogen-bond acceptors (Lipinski definition) is 5. The summed E-state index contributed by atoms with van der Waals surface area (Å²) in [7, 11) is 0. The first kappa shape index (κ1) is 23.4. The molecule has 0 spiro atoms. The third-order valence-corrected chi connectivity index (χ3v) is 3.46. The maximum absolute atomic E-state index is 12.0. The third-order valence-electron chi connectivity index (χ3n) is 3.46. The van der Waals surface area contributed by atoms with Gasteiger partial charge in [-0.3, -0.25) is 14.9 Å². The van der Waals surface area contributed by atoms with E-state index in [0.29, 0.717) is 32.3 Å². The molecule has 1 rings (SSSR count). The predicted molar refractivity (Wildman–Crippen MR) is 109 cm³/mol. The van der Waals surface area contributed by atoms with Crippen LogP contribution in [0.25, 0.3) is 0 Å². The van der Waals surface area contributed by atoms with Crippen molar-refractivity contribution in [1.29, 1.82) is 0 Å². The Labute approximate surface area is 166 Å². The van der Waals surface area contributed by atoms with Crippen molar-refractivity contribution in [2.75, 3.05) is 26.3 Å². The number of nitrogens with zero attached hydrogens (tertiary/aromatic N) is 2. The summed E-state index contributed by atoms with van der Waals surface area (Å²) < 4.78 is 5.31. The van der Waals surface area contributed by atoms with Crippen LogP contribution >= 0.6 is 0 Å². The van der Waals surface area contributed by atoms with E-state index in [2.05, 4.69) is 20.9 Å². The lowest BCUT2D eigenvalue weighted by Gasteiger charge is -2.21. The number of nitro benzene ring substituents is 1. The fourth-order valence-corrected chi connectivity index (χ4v) is 2.22. The van der Waals surface area contributed by atoms with E-state index in [1.807, 2.05) is 27.7 Å². The van der Waals surface area contributed by atoms with Crippen molar-refractivity contribution in [1.82, 2.24) is 16.0 Å². The lowest BCUT2D eigenvalue weighted by atomic mass is 10.1. The van der Waals surface area contributed by atoms with Gasteiger partial charge in [0.25, 0.3) is 5.69 Å². The molecule has 0 atom stereocenters. The Balaban J connectivity index is 2.65. The molecule has 156 valence electrons. The SMILES string of the molecule is CCOCCCNC(=NCc1ccc([N+](=O)[O-])cc1)NCC(=O)NC(C)(C)C. The number of hydrogen-bond donors (Lipinski definition) is 3. The van der Waals surface area contributed by atoms with Crippen LogP contribution in [0, 0.1) is 10.1 Å². The van der Waals surface area contributed by atoms with E-state index in [1.54, 1.807) is 12.1 Å². The van der Waals surface area contributed by atoms with E-state index in [1.165, 1.54) is 12.1 Å². The summed E-state index contributed by atoms with van der Waals surface area (Å²) >= 11 is 0. The highest BCUT2D eigenvalue weighted by atomic mass is 16.6. The second-order valence-corrected chi connectivity index (χ2v) is 7.22. The molecule has 0 aliphatic heterocycles. The molecule has 0 heterocycles. The van der Waals surface area contributed by atoms with Gasteiger partial charge in [0, 0.05) is 37.4 Å². The third kappa shape index (κ3) is 10.5. The van der Waals surface area contributed by atoms with Crippen molar-refractivity contribution < 1.29 is 14.5 Å². The topological polar surface area (TPSA) is 118 Å². The van der Waals surface area contributed by atoms with Crippen molar-refractivity contribution in [3.05, 3.63) is 39.9 Å². The van der Waals surface area contributed by atoms with Gasteiger partial charge < -0.3 is 20.7 Å². The molecule has 0 radical (unpaired) electrons. The molecule has 0 bridgehead atoms. The maximum atomic E-state index is 12.0. The molecule has 1 aromatic rings. The van der Waals surface area contributed by atoms with Crippen molar-refractivity contribution in [3.8, 4) is 0 Å². The lowest BCUT2D eigenvalue weighted by Crippen LogP contribution is -2.48. The molecule has 0 unspecified atom stereocenters. The predicted octanol–water partition coefficient (Wildman–Crippen LogP) is 1.97. The zero-order valence-electron chi connectivity index (χ0n) is 17.1. The Hall–Kier alpha value is -2.68. The molecule has 0 aliphatic rings. The number of carbonyl (C=O) groups excluding carboxylic acids is 1. The Morgan fingerprint density at radius 3 is 2.46 bits per heavy atom. The monoisotopic (exact) mass is 393 g/mol. The molecule has 3 N–H and O–H groups in total. The second kappa shape index (κ2) is 11.9. The standard InChI is InChI=1S/C19H31N5O4/c1-5-28-12-6-11-20-18(22-14-17(25)23-19(2,3)4)21-13-15-7-9-16(10-8-15)24(26)27/h7-10H,5-6,11-14H2,1-4H3,(H,23,25)(H2,20,21,22). The van der Waals surface area contributed by atoms with E-state index >= 15 is 0 Å². The molecular formula is C19H31N5O4. The summed E-state index contributed by atoms with van der Waals surface area (Å²) in [6, 6.07) is 6.23. The van der Waals surface area contributed by atoms with Crippen LogP contribution in [0.4, 0.5) is 5.69 Å². The van der Waals surface area contributed by atoms with Crippen LogP contribution in [-0.2, 0) is 16.1 Å². The van der Waals surface area contributed by atoms with Crippen LogP contribution in [0.15, 0.2) is 29.3 Å². The highest BCUT2D eigenvalue weighted by molar-refractivity contribution is 5.86. The highest BCUT2D eigenvalue weighted by Gasteiger charge is 2.13. The number of carbonyl (C=O) groups is 1. The zero-order valence-corrected chi connectivity index (χ0v) is 17.1. The Kier molecular flexibility index (Phi) is 9.94. The Morgan fingerprint density at radius 1 is 1.21 bits per heavy atom. The number of nitro groups is 1. The summed E-state index contributed by atoms with van der Waals surface area (Å²) in [5, 5.41) is 19.8. The van der Waals surface area contributed by atoms with Crippen LogP contribution < -0.4 is 16.0 Å². The number of aliphatic imine (C=N–C) groups is 1. The molecule has 1 aromatic carbocycles. The number of rotatable bonds is 10. The number of guanidine groups is 1.